The minimum Gasteiger partial charge on any atom is -0.490 e. The molecule has 1 atom stereocenters. The molecule has 5 nitrogen and oxygen atoms in total. The molecule has 2 rings (SSSR count). The first kappa shape index (κ1) is 18.8. The summed E-state index contributed by atoms with van der Waals surface area (Å²) >= 11 is 0. The fourth-order valence-electron chi connectivity index (χ4n) is 2.75. The highest BCUT2D eigenvalue weighted by atomic mass is 16.5. The Balaban J connectivity index is 2.00. The van der Waals surface area contributed by atoms with Crippen LogP contribution >= 0.6 is 0 Å². The Morgan fingerprint density at radius 3 is 2.68 bits per heavy atom. The number of nitrogens with two attached hydrogens (primary N) is 2. The third kappa shape index (κ3) is 5.50. The Bertz CT molecular complexity index is 716. The van der Waals surface area contributed by atoms with Gasteiger partial charge in [-0.3, -0.25) is 4.79 Å². The number of hydrogen-bond acceptors (Lipinski definition) is 4. The molecule has 2 aromatic carbocycles. The smallest absolute Gasteiger partial charge is 0.224 e. The van der Waals surface area contributed by atoms with Crippen molar-refractivity contribution < 1.29 is 9.53 Å². The van der Waals surface area contributed by atoms with E-state index in [2.05, 4.69) is 31.3 Å². The number of amides is 1. The standard InChI is InChI=1S/C20H27N3O2/c1-3-18(16-6-4-5-14(2)11-16)23-20(24)13-15-7-8-19(17(22)12-15)25-10-9-21/h4-8,11-12,18H,3,9-10,13,21-22H2,1-2H3,(H,23,24). The second-order valence-electron chi connectivity index (χ2n) is 6.13. The van der Waals surface area contributed by atoms with Crippen LogP contribution in [0.2, 0.25) is 0 Å². The molecule has 0 aromatic heterocycles. The van der Waals surface area contributed by atoms with Crippen LogP contribution in [0, 0.1) is 6.92 Å². The van der Waals surface area contributed by atoms with E-state index in [-0.39, 0.29) is 18.4 Å². The number of ether oxygens (including phenoxy) is 1. The van der Waals surface area contributed by atoms with Gasteiger partial charge in [0.05, 0.1) is 18.2 Å². The van der Waals surface area contributed by atoms with E-state index in [1.807, 2.05) is 18.2 Å². The number of aryl methyl sites for hydroxylation is 1. The van der Waals surface area contributed by atoms with Gasteiger partial charge in [0.1, 0.15) is 12.4 Å². The van der Waals surface area contributed by atoms with Gasteiger partial charge < -0.3 is 21.5 Å². The van der Waals surface area contributed by atoms with Gasteiger partial charge in [0.2, 0.25) is 5.91 Å². The number of carbonyl (C=O) groups excluding carboxylic acids is 1. The van der Waals surface area contributed by atoms with Crippen molar-refractivity contribution in [2.24, 2.45) is 5.73 Å². The zero-order valence-electron chi connectivity index (χ0n) is 14.9. The average Bonchev–Trinajstić information content (AvgIpc) is 2.59. The molecule has 0 radical (unpaired) electrons. The van der Waals surface area contributed by atoms with Gasteiger partial charge in [0.15, 0.2) is 0 Å². The van der Waals surface area contributed by atoms with Gasteiger partial charge in [-0.25, -0.2) is 0 Å². The van der Waals surface area contributed by atoms with Crippen LogP contribution in [0.1, 0.15) is 36.1 Å². The summed E-state index contributed by atoms with van der Waals surface area (Å²) in [5, 5.41) is 3.10. The fraction of sp³-hybridized carbons (Fsp3) is 0.350. The maximum atomic E-state index is 12.4. The van der Waals surface area contributed by atoms with Crippen molar-refractivity contribution in [3.05, 3.63) is 59.2 Å². The highest BCUT2D eigenvalue weighted by Gasteiger charge is 2.14. The van der Waals surface area contributed by atoms with E-state index in [4.69, 9.17) is 16.2 Å². The van der Waals surface area contributed by atoms with Gasteiger partial charge in [-0.2, -0.15) is 0 Å². The molecule has 1 unspecified atom stereocenters. The maximum absolute atomic E-state index is 12.4. The first-order chi connectivity index (χ1) is 12.0. The molecule has 0 bridgehead atoms. The van der Waals surface area contributed by atoms with E-state index in [9.17, 15) is 4.79 Å². The summed E-state index contributed by atoms with van der Waals surface area (Å²) in [6.45, 7) is 4.96. The van der Waals surface area contributed by atoms with Crippen LogP contribution in [0.15, 0.2) is 42.5 Å². The lowest BCUT2D eigenvalue weighted by atomic mass is 10.0. The van der Waals surface area contributed by atoms with E-state index in [1.165, 1.54) is 5.56 Å². The summed E-state index contributed by atoms with van der Waals surface area (Å²) in [5.41, 5.74) is 15.1. The molecule has 0 spiro atoms. The van der Waals surface area contributed by atoms with Gasteiger partial charge in [0, 0.05) is 6.54 Å². The lowest BCUT2D eigenvalue weighted by molar-refractivity contribution is -0.121. The molecule has 0 fully saturated rings. The second kappa shape index (κ2) is 9.08. The van der Waals surface area contributed by atoms with Crippen molar-refractivity contribution in [2.45, 2.75) is 32.7 Å². The zero-order chi connectivity index (χ0) is 18.2. The second-order valence-corrected chi connectivity index (χ2v) is 6.13. The molecule has 5 N–H and O–H groups in total. The number of nitrogens with one attached hydrogen (secondary N) is 1. The molecule has 25 heavy (non-hydrogen) atoms. The number of rotatable bonds is 8. The largest absolute Gasteiger partial charge is 0.490 e. The third-order valence-electron chi connectivity index (χ3n) is 4.00. The molecule has 0 saturated heterocycles. The Kier molecular flexibility index (Phi) is 6.83. The molecule has 0 saturated carbocycles. The van der Waals surface area contributed by atoms with E-state index in [1.54, 1.807) is 12.1 Å². The van der Waals surface area contributed by atoms with Crippen molar-refractivity contribution in [3.8, 4) is 5.75 Å². The monoisotopic (exact) mass is 341 g/mol. The Morgan fingerprint density at radius 1 is 1.24 bits per heavy atom. The van der Waals surface area contributed by atoms with Crippen LogP contribution in [-0.4, -0.2) is 19.1 Å². The van der Waals surface area contributed by atoms with Crippen molar-refractivity contribution in [2.75, 3.05) is 18.9 Å². The van der Waals surface area contributed by atoms with E-state index >= 15 is 0 Å². The van der Waals surface area contributed by atoms with Gasteiger partial charge >= 0.3 is 0 Å². The van der Waals surface area contributed by atoms with Gasteiger partial charge in [-0.1, -0.05) is 42.8 Å². The summed E-state index contributed by atoms with van der Waals surface area (Å²) in [6, 6.07) is 13.6. The van der Waals surface area contributed by atoms with Crippen LogP contribution in [0.25, 0.3) is 0 Å². The molecule has 5 heteroatoms. The minimum absolute atomic E-state index is 0.0110. The van der Waals surface area contributed by atoms with E-state index < -0.39 is 0 Å². The average molecular weight is 341 g/mol. The molecule has 0 aliphatic rings. The Morgan fingerprint density at radius 2 is 2.04 bits per heavy atom. The normalized spacial score (nSPS) is 11.8. The van der Waals surface area contributed by atoms with Gasteiger partial charge in [-0.15, -0.1) is 0 Å². The summed E-state index contributed by atoms with van der Waals surface area (Å²) in [6.07, 6.45) is 1.12. The van der Waals surface area contributed by atoms with Crippen molar-refractivity contribution in [3.63, 3.8) is 0 Å². The number of nitrogen functional groups attached to an aromatic ring is 1. The summed E-state index contributed by atoms with van der Waals surface area (Å²) in [4.78, 5) is 12.4. The Hall–Kier alpha value is -2.53. The minimum atomic E-state index is -0.0246. The number of benzene rings is 2. The fourth-order valence-corrected chi connectivity index (χ4v) is 2.75. The maximum Gasteiger partial charge on any atom is 0.224 e. The topological polar surface area (TPSA) is 90.4 Å². The van der Waals surface area contributed by atoms with Crippen molar-refractivity contribution in [1.29, 1.82) is 0 Å². The third-order valence-corrected chi connectivity index (χ3v) is 4.00. The van der Waals surface area contributed by atoms with Gasteiger partial charge in [0.25, 0.3) is 0 Å². The number of anilines is 1. The van der Waals surface area contributed by atoms with Crippen LogP contribution < -0.4 is 21.5 Å². The predicted octanol–water partition coefficient (Wildman–Crippen LogP) is 2.72. The molecule has 2 aromatic rings. The predicted molar refractivity (Wildman–Crippen MR) is 101 cm³/mol. The molecule has 0 aliphatic carbocycles. The lowest BCUT2D eigenvalue weighted by Crippen LogP contribution is -2.29. The van der Waals surface area contributed by atoms with E-state index in [0.717, 1.165) is 17.5 Å². The highest BCUT2D eigenvalue weighted by molar-refractivity contribution is 5.79. The molecule has 0 heterocycles. The number of carbonyl (C=O) groups is 1. The highest BCUT2D eigenvalue weighted by Crippen LogP contribution is 2.23. The number of hydrogen-bond donors (Lipinski definition) is 3. The SMILES string of the molecule is CCC(NC(=O)Cc1ccc(OCCN)c(N)c1)c1cccc(C)c1. The Labute approximate surface area is 149 Å². The summed E-state index contributed by atoms with van der Waals surface area (Å²) in [5.74, 6) is 0.573. The molecular formula is C20H27N3O2. The van der Waals surface area contributed by atoms with Crippen LogP contribution in [0.3, 0.4) is 0 Å². The first-order valence-corrected chi connectivity index (χ1v) is 8.60. The van der Waals surface area contributed by atoms with E-state index in [0.29, 0.717) is 24.6 Å². The molecular weight excluding hydrogens is 314 g/mol. The summed E-state index contributed by atoms with van der Waals surface area (Å²) in [7, 11) is 0. The van der Waals surface area contributed by atoms with Gasteiger partial charge in [-0.05, 0) is 36.6 Å². The molecule has 134 valence electrons. The molecule has 1 amide bonds. The lowest BCUT2D eigenvalue weighted by Gasteiger charge is -2.18. The quantitative estimate of drug-likeness (QED) is 0.644. The van der Waals surface area contributed by atoms with Crippen LogP contribution in [0.4, 0.5) is 5.69 Å². The molecule has 0 aliphatic heterocycles. The van der Waals surface area contributed by atoms with Crippen LogP contribution in [-0.2, 0) is 11.2 Å². The zero-order valence-corrected chi connectivity index (χ0v) is 14.9. The summed E-state index contributed by atoms with van der Waals surface area (Å²) < 4.78 is 5.45. The van der Waals surface area contributed by atoms with Crippen molar-refractivity contribution >= 4 is 11.6 Å². The first-order valence-electron chi connectivity index (χ1n) is 8.60. The van der Waals surface area contributed by atoms with Crippen LogP contribution in [0.5, 0.6) is 5.75 Å². The van der Waals surface area contributed by atoms with Crippen molar-refractivity contribution in [1.82, 2.24) is 5.32 Å².